The van der Waals surface area contributed by atoms with Crippen molar-refractivity contribution in [3.05, 3.63) is 71.4 Å². The summed E-state index contributed by atoms with van der Waals surface area (Å²) in [7, 11) is 0. The zero-order chi connectivity index (χ0) is 19.1. The van der Waals surface area contributed by atoms with E-state index in [1.165, 1.54) is 11.8 Å². The molecular weight excluding hydrogens is 322 g/mol. The fraction of sp³-hybridized carbons (Fsp3) is 0.273. The maximum atomic E-state index is 12.4. The van der Waals surface area contributed by atoms with Crippen LogP contribution in [0.3, 0.4) is 0 Å². The third-order valence-corrected chi connectivity index (χ3v) is 4.16. The van der Waals surface area contributed by atoms with Gasteiger partial charge in [-0.1, -0.05) is 58.0 Å². The van der Waals surface area contributed by atoms with Gasteiger partial charge in [-0.3, -0.25) is 4.79 Å². The number of hydrogen-bond acceptors (Lipinski definition) is 3. The first-order valence-corrected chi connectivity index (χ1v) is 8.79. The van der Waals surface area contributed by atoms with E-state index in [-0.39, 0.29) is 5.57 Å². The highest BCUT2D eigenvalue weighted by Crippen LogP contribution is 2.24. The number of hydrogen-bond donors (Lipinski definition) is 2. The molecule has 0 spiro atoms. The van der Waals surface area contributed by atoms with Gasteiger partial charge in [-0.2, -0.15) is 5.26 Å². The topological polar surface area (TPSA) is 64.9 Å². The molecule has 134 valence electrons. The molecule has 2 aromatic rings. The summed E-state index contributed by atoms with van der Waals surface area (Å²) in [6.45, 7) is 8.43. The SMILES string of the molecule is CC(C)c1ccc(NC(=O)/C(C#N)=C\Nc2ccccc2C(C)C)cc1. The third-order valence-electron chi connectivity index (χ3n) is 4.16. The van der Waals surface area contributed by atoms with E-state index in [1.807, 2.05) is 54.6 Å². The van der Waals surface area contributed by atoms with E-state index in [0.29, 0.717) is 17.5 Å². The van der Waals surface area contributed by atoms with Gasteiger partial charge in [-0.25, -0.2) is 0 Å². The molecule has 26 heavy (non-hydrogen) atoms. The Morgan fingerprint density at radius 3 is 2.23 bits per heavy atom. The van der Waals surface area contributed by atoms with Crippen molar-refractivity contribution in [2.24, 2.45) is 0 Å². The lowest BCUT2D eigenvalue weighted by Crippen LogP contribution is -2.14. The highest BCUT2D eigenvalue weighted by Gasteiger charge is 2.11. The monoisotopic (exact) mass is 347 g/mol. The number of amides is 1. The van der Waals surface area contributed by atoms with Gasteiger partial charge in [-0.15, -0.1) is 0 Å². The fourth-order valence-corrected chi connectivity index (χ4v) is 2.58. The van der Waals surface area contributed by atoms with Gasteiger partial charge in [0.25, 0.3) is 5.91 Å². The number of nitriles is 1. The summed E-state index contributed by atoms with van der Waals surface area (Å²) >= 11 is 0. The van der Waals surface area contributed by atoms with Crippen molar-refractivity contribution in [1.29, 1.82) is 5.26 Å². The van der Waals surface area contributed by atoms with Crippen LogP contribution in [0, 0.1) is 11.3 Å². The minimum atomic E-state index is -0.431. The van der Waals surface area contributed by atoms with Gasteiger partial charge < -0.3 is 10.6 Å². The molecule has 1 amide bonds. The van der Waals surface area contributed by atoms with E-state index in [0.717, 1.165) is 11.3 Å². The van der Waals surface area contributed by atoms with Crippen LogP contribution >= 0.6 is 0 Å². The van der Waals surface area contributed by atoms with Crippen LogP contribution in [0.1, 0.15) is 50.7 Å². The molecule has 0 aliphatic heterocycles. The van der Waals surface area contributed by atoms with Crippen LogP contribution in [0.15, 0.2) is 60.3 Å². The summed E-state index contributed by atoms with van der Waals surface area (Å²) in [6, 6.07) is 17.5. The van der Waals surface area contributed by atoms with Gasteiger partial charge in [0.15, 0.2) is 0 Å². The van der Waals surface area contributed by atoms with E-state index < -0.39 is 5.91 Å². The van der Waals surface area contributed by atoms with E-state index in [9.17, 15) is 10.1 Å². The Hall–Kier alpha value is -3.06. The lowest BCUT2D eigenvalue weighted by molar-refractivity contribution is -0.112. The van der Waals surface area contributed by atoms with Crippen LogP contribution in [0.25, 0.3) is 0 Å². The lowest BCUT2D eigenvalue weighted by atomic mass is 10.0. The zero-order valence-corrected chi connectivity index (χ0v) is 15.7. The van der Waals surface area contributed by atoms with Crippen molar-refractivity contribution in [2.75, 3.05) is 10.6 Å². The number of carbonyl (C=O) groups excluding carboxylic acids is 1. The molecule has 0 heterocycles. The number of nitrogens with zero attached hydrogens (tertiary/aromatic N) is 1. The summed E-state index contributed by atoms with van der Waals surface area (Å²) in [5.41, 5.74) is 3.92. The molecule has 2 N–H and O–H groups in total. The van der Waals surface area contributed by atoms with Crippen LogP contribution < -0.4 is 10.6 Å². The first-order valence-electron chi connectivity index (χ1n) is 8.79. The number of rotatable bonds is 6. The maximum Gasteiger partial charge on any atom is 0.267 e. The molecule has 0 unspecified atom stereocenters. The molecule has 4 heteroatoms. The third kappa shape index (κ3) is 4.97. The molecule has 0 aliphatic rings. The molecule has 2 rings (SSSR count). The zero-order valence-electron chi connectivity index (χ0n) is 15.7. The molecule has 0 saturated carbocycles. The minimum Gasteiger partial charge on any atom is -0.360 e. The largest absolute Gasteiger partial charge is 0.360 e. The average Bonchev–Trinajstić information content (AvgIpc) is 2.63. The minimum absolute atomic E-state index is 0.0245. The van der Waals surface area contributed by atoms with E-state index in [1.54, 1.807) is 0 Å². The second-order valence-electron chi connectivity index (χ2n) is 6.79. The van der Waals surface area contributed by atoms with E-state index in [2.05, 4.69) is 38.3 Å². The molecule has 2 aromatic carbocycles. The summed E-state index contributed by atoms with van der Waals surface area (Å²) < 4.78 is 0. The Morgan fingerprint density at radius 1 is 1.00 bits per heavy atom. The van der Waals surface area contributed by atoms with Gasteiger partial charge in [0.05, 0.1) is 0 Å². The predicted octanol–water partition coefficient (Wildman–Crippen LogP) is 5.39. The van der Waals surface area contributed by atoms with Gasteiger partial charge in [0.1, 0.15) is 11.6 Å². The van der Waals surface area contributed by atoms with Crippen LogP contribution in [-0.4, -0.2) is 5.91 Å². The first-order chi connectivity index (χ1) is 12.4. The van der Waals surface area contributed by atoms with Gasteiger partial charge in [0.2, 0.25) is 0 Å². The number of para-hydroxylation sites is 1. The molecule has 0 saturated heterocycles. The number of anilines is 2. The Kier molecular flexibility index (Phi) is 6.57. The van der Waals surface area contributed by atoms with Crippen molar-refractivity contribution in [3.63, 3.8) is 0 Å². The van der Waals surface area contributed by atoms with Crippen molar-refractivity contribution >= 4 is 17.3 Å². The Bertz CT molecular complexity index is 827. The highest BCUT2D eigenvalue weighted by atomic mass is 16.1. The van der Waals surface area contributed by atoms with Crippen LogP contribution in [0.5, 0.6) is 0 Å². The Balaban J connectivity index is 2.11. The number of benzene rings is 2. The molecule has 0 aliphatic carbocycles. The summed E-state index contributed by atoms with van der Waals surface area (Å²) in [5, 5.41) is 15.2. The van der Waals surface area contributed by atoms with Crippen molar-refractivity contribution in [3.8, 4) is 6.07 Å². The van der Waals surface area contributed by atoms with Crippen molar-refractivity contribution in [2.45, 2.75) is 39.5 Å². The van der Waals surface area contributed by atoms with Crippen molar-refractivity contribution < 1.29 is 4.79 Å². The smallest absolute Gasteiger partial charge is 0.267 e. The standard InChI is InChI=1S/C22H25N3O/c1-15(2)17-9-11-19(12-10-17)25-22(26)18(13-23)14-24-21-8-6-5-7-20(21)16(3)4/h5-12,14-16,24H,1-4H3,(H,25,26)/b18-14-. The normalized spacial score (nSPS) is 11.3. The van der Waals surface area contributed by atoms with Gasteiger partial charge in [0, 0.05) is 17.6 Å². The number of nitrogens with one attached hydrogen (secondary N) is 2. The molecule has 0 fully saturated rings. The molecule has 0 aromatic heterocycles. The second-order valence-corrected chi connectivity index (χ2v) is 6.79. The highest BCUT2D eigenvalue weighted by molar-refractivity contribution is 6.06. The Morgan fingerprint density at radius 2 is 1.65 bits per heavy atom. The summed E-state index contributed by atoms with van der Waals surface area (Å²) in [5.74, 6) is 0.338. The first kappa shape index (κ1) is 19.3. The molecular formula is C22H25N3O. The van der Waals surface area contributed by atoms with Gasteiger partial charge >= 0.3 is 0 Å². The number of carbonyl (C=O) groups is 1. The van der Waals surface area contributed by atoms with Crippen molar-refractivity contribution in [1.82, 2.24) is 0 Å². The maximum absolute atomic E-state index is 12.4. The van der Waals surface area contributed by atoms with Crippen LogP contribution in [-0.2, 0) is 4.79 Å². The second kappa shape index (κ2) is 8.87. The van der Waals surface area contributed by atoms with Crippen LogP contribution in [0.4, 0.5) is 11.4 Å². The lowest BCUT2D eigenvalue weighted by Gasteiger charge is -2.12. The Labute approximate surface area is 155 Å². The molecule has 0 bridgehead atoms. The van der Waals surface area contributed by atoms with E-state index in [4.69, 9.17) is 0 Å². The molecule has 4 nitrogen and oxygen atoms in total. The quantitative estimate of drug-likeness (QED) is 0.544. The van der Waals surface area contributed by atoms with Crippen LogP contribution in [0.2, 0.25) is 0 Å². The van der Waals surface area contributed by atoms with Gasteiger partial charge in [-0.05, 0) is 41.2 Å². The average molecular weight is 347 g/mol. The molecule has 0 atom stereocenters. The molecule has 0 radical (unpaired) electrons. The fourth-order valence-electron chi connectivity index (χ4n) is 2.58. The summed E-state index contributed by atoms with van der Waals surface area (Å²) in [6.07, 6.45) is 1.46. The predicted molar refractivity (Wildman–Crippen MR) is 107 cm³/mol. The summed E-state index contributed by atoms with van der Waals surface area (Å²) in [4.78, 5) is 12.4. The van der Waals surface area contributed by atoms with E-state index >= 15 is 0 Å².